The van der Waals surface area contributed by atoms with Gasteiger partial charge in [-0.25, -0.2) is 23.6 Å². The Balaban J connectivity index is 0.720. The monoisotopic (exact) mass is 1090 g/mol. The number of amides is 3. The topological polar surface area (TPSA) is 449 Å². The molecule has 3 aromatic rings. The second kappa shape index (κ2) is 25.6. The Hall–Kier alpha value is -3.80. The zero-order valence-electron chi connectivity index (χ0n) is 38.3. The molecule has 32 nitrogen and oxygen atoms in total. The van der Waals surface area contributed by atoms with Crippen molar-refractivity contribution in [2.75, 3.05) is 70.9 Å². The standard InChI is InChI=1S/C37H59N11O21P2S/c38-36-43-32-26(33(55)44-36)40-18-48(32)34-30(53)28(51)22(66-34)16-65-70(57,58)69-71(59,60)68-35-31(54)29(52)27(50)21(67-35)14-47-13-19(45-46-47)15-64-12-11-63-10-9-62-8-7-61-6-5-39-24(49)4-2-1-3-23-25-20(17-72-23)41-37(56)42-25/h13,18,20-23,25,27-31,34-35,50-54H,1-12,14-17H2,(H,39,49)(H,57,58)(H,59,60)(H2,41,42,56)(H3,38,43,44,55)/t20-,21?,22+,23-,25-,27+,28?,29?,30?,31?,34+,35+/m0/s1. The van der Waals surface area contributed by atoms with Crippen molar-refractivity contribution in [3.05, 3.63) is 28.6 Å². The van der Waals surface area contributed by atoms with E-state index in [9.17, 15) is 58.8 Å². The summed E-state index contributed by atoms with van der Waals surface area (Å²) in [6.45, 7) is 1.08. The summed E-state index contributed by atoms with van der Waals surface area (Å²) in [7, 11) is -11.3. The molecule has 0 aromatic carbocycles. The zero-order valence-corrected chi connectivity index (χ0v) is 40.9. The molecule has 0 spiro atoms. The maximum Gasteiger partial charge on any atom is 0.483 e. The Morgan fingerprint density at radius 3 is 2.35 bits per heavy atom. The van der Waals surface area contributed by atoms with E-state index in [-0.39, 0.29) is 67.5 Å². The number of fused-ring (bicyclic) bond motifs is 2. The summed E-state index contributed by atoms with van der Waals surface area (Å²) in [5.74, 6) is 0.598. The fourth-order valence-electron chi connectivity index (χ4n) is 7.99. The molecule has 0 aliphatic carbocycles. The molecule has 0 radical (unpaired) electrons. The first-order valence-electron chi connectivity index (χ1n) is 22.7. The minimum atomic E-state index is -5.72. The summed E-state index contributed by atoms with van der Waals surface area (Å²) in [5.41, 5.74) is 4.92. The number of hydrogen-bond donors (Lipinski definition) is 12. The number of anilines is 1. The third-order valence-corrected chi connectivity index (χ3v) is 15.7. The Labute approximate surface area is 412 Å². The lowest BCUT2D eigenvalue weighted by atomic mass is 9.99. The van der Waals surface area contributed by atoms with Crippen molar-refractivity contribution in [1.29, 1.82) is 0 Å². The van der Waals surface area contributed by atoms with Crippen LogP contribution in [-0.2, 0) is 68.9 Å². The van der Waals surface area contributed by atoms with E-state index in [1.165, 1.54) is 10.9 Å². The maximum atomic E-state index is 12.9. The molecule has 3 aromatic heterocycles. The number of nitrogens with two attached hydrogens (primary N) is 1. The number of H-pyrrole nitrogens is 1. The number of carbonyl (C=O) groups is 2. The number of aliphatic hydroxyl groups is 5. The van der Waals surface area contributed by atoms with Crippen molar-refractivity contribution >= 4 is 56.5 Å². The number of rotatable bonds is 29. The number of aromatic nitrogens is 7. The molecule has 72 heavy (non-hydrogen) atoms. The summed E-state index contributed by atoms with van der Waals surface area (Å²) < 4.78 is 74.7. The molecule has 7 heterocycles. The third kappa shape index (κ3) is 15.2. The van der Waals surface area contributed by atoms with Gasteiger partial charge in [0.25, 0.3) is 5.56 Å². The molecule has 4 saturated heterocycles. The smallest absolute Gasteiger partial charge is 0.388 e. The summed E-state index contributed by atoms with van der Waals surface area (Å²) in [4.78, 5) is 66.5. The van der Waals surface area contributed by atoms with Gasteiger partial charge in [-0.3, -0.25) is 28.2 Å². The van der Waals surface area contributed by atoms with E-state index in [2.05, 4.69) is 45.5 Å². The van der Waals surface area contributed by atoms with E-state index < -0.39 is 83.1 Å². The number of aliphatic hydroxyl groups excluding tert-OH is 5. The first kappa shape index (κ1) is 55.9. The number of unbranched alkanes of at least 4 members (excludes halogenated alkanes) is 1. The fourth-order valence-corrected chi connectivity index (χ4v) is 11.7. The van der Waals surface area contributed by atoms with E-state index in [1.54, 1.807) is 0 Å². The lowest BCUT2D eigenvalue weighted by Crippen LogP contribution is -2.58. The molecule has 4 fully saturated rings. The largest absolute Gasteiger partial charge is 0.483 e. The van der Waals surface area contributed by atoms with Crippen LogP contribution in [0.15, 0.2) is 17.3 Å². The highest BCUT2D eigenvalue weighted by molar-refractivity contribution is 8.00. The van der Waals surface area contributed by atoms with E-state index in [0.717, 1.165) is 35.9 Å². The summed E-state index contributed by atoms with van der Waals surface area (Å²) in [6.07, 6.45) is -10.7. The van der Waals surface area contributed by atoms with Crippen LogP contribution >= 0.6 is 27.4 Å². The van der Waals surface area contributed by atoms with Crippen LogP contribution in [0.2, 0.25) is 0 Å². The second-order valence-corrected chi connectivity index (χ2v) is 21.1. The zero-order chi connectivity index (χ0) is 51.6. The number of nitrogen functional groups attached to an aromatic ring is 1. The number of nitrogens with zero attached hydrogens (tertiary/aromatic N) is 6. The Kier molecular flexibility index (Phi) is 19.9. The molecule has 14 atom stereocenters. The van der Waals surface area contributed by atoms with Crippen LogP contribution in [0.3, 0.4) is 0 Å². The van der Waals surface area contributed by atoms with Crippen molar-refractivity contribution in [3.63, 3.8) is 0 Å². The third-order valence-electron chi connectivity index (χ3n) is 11.5. The first-order chi connectivity index (χ1) is 34.4. The van der Waals surface area contributed by atoms with Crippen molar-refractivity contribution < 1.29 is 95.8 Å². The number of ether oxygens (including phenoxy) is 6. The number of hydrogen-bond acceptors (Lipinski definition) is 25. The second-order valence-electron chi connectivity index (χ2n) is 16.8. The number of urea groups is 1. The van der Waals surface area contributed by atoms with Crippen LogP contribution in [0.1, 0.15) is 37.6 Å². The number of carbonyl (C=O) groups excluding carboxylic acids is 2. The maximum absolute atomic E-state index is 12.9. The number of phosphoric ester groups is 2. The van der Waals surface area contributed by atoms with Gasteiger partial charge in [-0.1, -0.05) is 11.6 Å². The minimum absolute atomic E-state index is 0.00231. The van der Waals surface area contributed by atoms with Gasteiger partial charge in [0.2, 0.25) is 11.9 Å². The lowest BCUT2D eigenvalue weighted by molar-refractivity contribution is -0.278. The van der Waals surface area contributed by atoms with Gasteiger partial charge < -0.3 is 85.4 Å². The summed E-state index contributed by atoms with van der Waals surface area (Å²) in [6, 6.07) is 0.266. The van der Waals surface area contributed by atoms with Gasteiger partial charge in [0.15, 0.2) is 23.7 Å². The van der Waals surface area contributed by atoms with Crippen LogP contribution < -0.4 is 27.2 Å². The van der Waals surface area contributed by atoms with Crippen molar-refractivity contribution in [2.45, 2.75) is 111 Å². The molecule has 35 heteroatoms. The molecule has 0 bridgehead atoms. The number of nitrogens with one attached hydrogen (secondary N) is 4. The molecule has 4 aliphatic heterocycles. The van der Waals surface area contributed by atoms with Gasteiger partial charge >= 0.3 is 21.7 Å². The Morgan fingerprint density at radius 2 is 1.60 bits per heavy atom. The van der Waals surface area contributed by atoms with Crippen LogP contribution in [0, 0.1) is 0 Å². The molecule has 7 unspecified atom stereocenters. The highest BCUT2D eigenvalue weighted by Gasteiger charge is 2.50. The predicted molar refractivity (Wildman–Crippen MR) is 242 cm³/mol. The van der Waals surface area contributed by atoms with E-state index in [4.69, 9.17) is 43.2 Å². The first-order valence-corrected chi connectivity index (χ1v) is 26.7. The van der Waals surface area contributed by atoms with Crippen LogP contribution in [0.4, 0.5) is 10.7 Å². The van der Waals surface area contributed by atoms with Gasteiger partial charge in [-0.15, -0.1) is 5.10 Å². The number of aromatic amines is 1. The lowest BCUT2D eigenvalue weighted by Gasteiger charge is -2.40. The van der Waals surface area contributed by atoms with Crippen molar-refractivity contribution in [2.24, 2.45) is 0 Å². The van der Waals surface area contributed by atoms with E-state index in [1.807, 2.05) is 11.8 Å². The van der Waals surface area contributed by atoms with E-state index in [0.29, 0.717) is 56.9 Å². The van der Waals surface area contributed by atoms with Crippen LogP contribution in [-0.4, -0.2) is 213 Å². The van der Waals surface area contributed by atoms with Gasteiger partial charge in [-0.2, -0.15) is 21.1 Å². The quantitative estimate of drug-likeness (QED) is 0.0179. The molecular formula is C37H59N11O21P2S. The Morgan fingerprint density at radius 1 is 0.889 bits per heavy atom. The predicted octanol–water partition coefficient (Wildman–Crippen LogP) is -3.92. The minimum Gasteiger partial charge on any atom is -0.388 e. The average molecular weight is 1090 g/mol. The molecule has 0 saturated carbocycles. The van der Waals surface area contributed by atoms with Crippen LogP contribution in [0.25, 0.3) is 11.2 Å². The molecule has 7 rings (SSSR count). The summed E-state index contributed by atoms with van der Waals surface area (Å²) >= 11 is 1.86. The SMILES string of the molecule is Nc1nc2c(ncn2[C@@H]2O[C@H](COP(=O)(O)OP(=O)(O)O[C@H]3OC(Cn4cc(COCCOCCOCCOCCNC(=O)CCCC[C@@H]5SC[C@@H]6NC(=O)N[C@@H]65)nn4)[C@@H](O)C(O)C3O)C(O)C2O)c(=O)[nH]1. The van der Waals surface area contributed by atoms with E-state index >= 15 is 0 Å². The molecular weight excluding hydrogens is 1030 g/mol. The Bertz CT molecular complexity index is 2420. The highest BCUT2D eigenvalue weighted by Crippen LogP contribution is 2.61. The van der Waals surface area contributed by atoms with Gasteiger partial charge in [0.05, 0.1) is 90.6 Å². The fraction of sp³-hybridized carbons (Fsp3) is 0.757. The van der Waals surface area contributed by atoms with Crippen molar-refractivity contribution in [1.82, 2.24) is 50.5 Å². The van der Waals surface area contributed by atoms with Crippen molar-refractivity contribution in [3.8, 4) is 0 Å². The highest BCUT2D eigenvalue weighted by atomic mass is 32.2. The summed E-state index contributed by atoms with van der Waals surface area (Å²) in [5, 5.41) is 69.7. The molecule has 13 N–H and O–H groups in total. The number of phosphoric acid groups is 2. The average Bonchev–Trinajstić information content (AvgIpc) is 4.16. The van der Waals surface area contributed by atoms with Gasteiger partial charge in [-0.05, 0) is 12.8 Å². The normalized spacial score (nSPS) is 30.0. The van der Waals surface area contributed by atoms with Crippen LogP contribution in [0.5, 0.6) is 0 Å². The van der Waals surface area contributed by atoms with Gasteiger partial charge in [0.1, 0.15) is 48.4 Å². The molecule has 3 amide bonds. The number of imidazole rings is 1. The molecule has 404 valence electrons. The number of thioether (sulfide) groups is 1. The molecule has 4 aliphatic rings. The van der Waals surface area contributed by atoms with Gasteiger partial charge in [0, 0.05) is 24.0 Å².